The number of ketones is 1. The van der Waals surface area contributed by atoms with E-state index in [-0.39, 0.29) is 11.8 Å². The zero-order valence-corrected chi connectivity index (χ0v) is 18.2. The normalized spacial score (nSPS) is 18.2. The summed E-state index contributed by atoms with van der Waals surface area (Å²) in [5.41, 5.74) is -0.0120. The van der Waals surface area contributed by atoms with E-state index >= 15 is 0 Å². The van der Waals surface area contributed by atoms with Crippen molar-refractivity contribution in [3.8, 4) is 0 Å². The van der Waals surface area contributed by atoms with Gasteiger partial charge in [0.05, 0.1) is 0 Å². The van der Waals surface area contributed by atoms with Crippen LogP contribution in [0.5, 0.6) is 0 Å². The SMILES string of the molecule is O=C(c1ccccc1)C(C(=O)N1CCC(C(=O)N2CCCCC2)CC1)n1ccccc1=O. The minimum absolute atomic E-state index is 0.0835. The molecule has 1 atom stereocenters. The average molecular weight is 436 g/mol. The number of aromatic nitrogens is 1. The number of hydrogen-bond acceptors (Lipinski definition) is 4. The van der Waals surface area contributed by atoms with Gasteiger partial charge in [0.2, 0.25) is 5.91 Å². The lowest BCUT2D eigenvalue weighted by atomic mass is 9.93. The fourth-order valence-electron chi connectivity index (χ4n) is 4.66. The minimum Gasteiger partial charge on any atom is -0.342 e. The van der Waals surface area contributed by atoms with Crippen LogP contribution < -0.4 is 5.56 Å². The first-order valence-electron chi connectivity index (χ1n) is 11.4. The second kappa shape index (κ2) is 9.94. The Morgan fingerprint density at radius 3 is 2.09 bits per heavy atom. The molecule has 3 heterocycles. The third-order valence-electron chi connectivity index (χ3n) is 6.49. The van der Waals surface area contributed by atoms with Gasteiger partial charge in [-0.2, -0.15) is 0 Å². The smallest absolute Gasteiger partial charge is 0.253 e. The quantitative estimate of drug-likeness (QED) is 0.534. The van der Waals surface area contributed by atoms with Gasteiger partial charge in [-0.1, -0.05) is 36.4 Å². The Hall–Kier alpha value is -3.22. The van der Waals surface area contributed by atoms with Gasteiger partial charge in [-0.25, -0.2) is 0 Å². The number of carbonyl (C=O) groups excluding carboxylic acids is 3. The predicted molar refractivity (Wildman–Crippen MR) is 120 cm³/mol. The zero-order valence-electron chi connectivity index (χ0n) is 18.2. The number of hydrogen-bond donors (Lipinski definition) is 0. The van der Waals surface area contributed by atoms with Crippen molar-refractivity contribution in [1.82, 2.24) is 14.4 Å². The van der Waals surface area contributed by atoms with Crippen molar-refractivity contribution < 1.29 is 14.4 Å². The van der Waals surface area contributed by atoms with Gasteiger partial charge in [0.25, 0.3) is 11.5 Å². The maximum absolute atomic E-state index is 13.5. The van der Waals surface area contributed by atoms with Crippen LogP contribution in [0.2, 0.25) is 0 Å². The molecule has 2 aliphatic rings. The second-order valence-electron chi connectivity index (χ2n) is 8.56. The molecule has 7 heteroatoms. The second-order valence-corrected chi connectivity index (χ2v) is 8.56. The highest BCUT2D eigenvalue weighted by molar-refractivity contribution is 6.11. The standard InChI is InChI=1S/C25H29N3O4/c29-21-11-5-8-16-28(21)22(23(30)19-9-3-1-4-10-19)25(32)27-17-12-20(13-18-27)24(31)26-14-6-2-7-15-26/h1,3-5,8-11,16,20,22H,2,6-7,12-15,17-18H2. The molecule has 2 fully saturated rings. The van der Waals surface area contributed by atoms with Crippen LogP contribution in [-0.2, 0) is 9.59 Å². The summed E-state index contributed by atoms with van der Waals surface area (Å²) in [6, 6.07) is 11.9. The van der Waals surface area contributed by atoms with E-state index in [9.17, 15) is 19.2 Å². The molecule has 0 aliphatic carbocycles. The number of amides is 2. The lowest BCUT2D eigenvalue weighted by Crippen LogP contribution is -2.49. The maximum atomic E-state index is 13.5. The number of likely N-dealkylation sites (tertiary alicyclic amines) is 2. The summed E-state index contributed by atoms with van der Waals surface area (Å²) in [4.78, 5) is 55.7. The molecule has 2 aromatic rings. The van der Waals surface area contributed by atoms with Crippen LogP contribution in [0.15, 0.2) is 59.5 Å². The number of piperidine rings is 2. The number of carbonyl (C=O) groups is 3. The number of Topliss-reactive ketones (excluding diaryl/α,β-unsaturated/α-hetero) is 1. The molecule has 0 spiro atoms. The van der Waals surface area contributed by atoms with Crippen LogP contribution in [0.1, 0.15) is 48.5 Å². The Balaban J connectivity index is 1.51. The molecular weight excluding hydrogens is 406 g/mol. The highest BCUT2D eigenvalue weighted by atomic mass is 16.2. The van der Waals surface area contributed by atoms with Gasteiger partial charge < -0.3 is 9.80 Å². The predicted octanol–water partition coefficient (Wildman–Crippen LogP) is 2.52. The topological polar surface area (TPSA) is 79.7 Å². The molecular formula is C25H29N3O4. The Kier molecular flexibility index (Phi) is 6.83. The molecule has 2 aliphatic heterocycles. The fourth-order valence-corrected chi connectivity index (χ4v) is 4.66. The molecule has 1 aromatic carbocycles. The van der Waals surface area contributed by atoms with E-state index in [2.05, 4.69) is 0 Å². The van der Waals surface area contributed by atoms with Crippen molar-refractivity contribution in [1.29, 1.82) is 0 Å². The average Bonchev–Trinajstić information content (AvgIpc) is 2.86. The number of rotatable bonds is 5. The minimum atomic E-state index is -1.25. The van der Waals surface area contributed by atoms with Crippen molar-refractivity contribution in [2.45, 2.75) is 38.1 Å². The largest absolute Gasteiger partial charge is 0.342 e. The summed E-state index contributed by atoms with van der Waals surface area (Å²) in [7, 11) is 0. The van der Waals surface area contributed by atoms with E-state index < -0.39 is 23.3 Å². The van der Waals surface area contributed by atoms with Gasteiger partial charge in [-0.15, -0.1) is 0 Å². The summed E-state index contributed by atoms with van der Waals surface area (Å²) in [5, 5.41) is 0. The Morgan fingerprint density at radius 2 is 1.44 bits per heavy atom. The van der Waals surface area contributed by atoms with E-state index in [1.54, 1.807) is 47.4 Å². The van der Waals surface area contributed by atoms with Crippen molar-refractivity contribution >= 4 is 17.6 Å². The van der Waals surface area contributed by atoms with Gasteiger partial charge in [0.1, 0.15) is 0 Å². The van der Waals surface area contributed by atoms with Crippen molar-refractivity contribution in [2.75, 3.05) is 26.2 Å². The summed E-state index contributed by atoms with van der Waals surface area (Å²) in [5.74, 6) is -0.695. The highest BCUT2D eigenvalue weighted by Gasteiger charge is 2.37. The zero-order chi connectivity index (χ0) is 22.5. The van der Waals surface area contributed by atoms with Crippen LogP contribution in [0.4, 0.5) is 0 Å². The molecule has 0 saturated carbocycles. The molecule has 2 saturated heterocycles. The lowest BCUT2D eigenvalue weighted by molar-refractivity contribution is -0.142. The molecule has 32 heavy (non-hydrogen) atoms. The lowest BCUT2D eigenvalue weighted by Gasteiger charge is -2.36. The van der Waals surface area contributed by atoms with Crippen LogP contribution in [0, 0.1) is 5.92 Å². The van der Waals surface area contributed by atoms with Crippen molar-refractivity contribution in [2.24, 2.45) is 5.92 Å². The fraction of sp³-hybridized carbons (Fsp3) is 0.440. The summed E-state index contributed by atoms with van der Waals surface area (Å²) in [6.07, 6.45) is 5.93. The molecule has 0 radical (unpaired) electrons. The third-order valence-corrected chi connectivity index (χ3v) is 6.49. The van der Waals surface area contributed by atoms with E-state index in [1.807, 2.05) is 4.90 Å². The first-order chi connectivity index (χ1) is 15.6. The molecule has 2 amide bonds. The Bertz CT molecular complexity index is 1020. The van der Waals surface area contributed by atoms with E-state index in [1.165, 1.54) is 23.3 Å². The van der Waals surface area contributed by atoms with Gasteiger partial charge in [0, 0.05) is 49.9 Å². The van der Waals surface area contributed by atoms with Crippen LogP contribution in [0.3, 0.4) is 0 Å². The van der Waals surface area contributed by atoms with Crippen LogP contribution in [0.25, 0.3) is 0 Å². The summed E-state index contributed by atoms with van der Waals surface area (Å²) in [6.45, 7) is 2.46. The summed E-state index contributed by atoms with van der Waals surface area (Å²) < 4.78 is 1.21. The number of nitrogens with zero attached hydrogens (tertiary/aromatic N) is 3. The van der Waals surface area contributed by atoms with Gasteiger partial charge in [-0.05, 0) is 38.2 Å². The monoisotopic (exact) mass is 435 g/mol. The van der Waals surface area contributed by atoms with Crippen molar-refractivity contribution in [3.63, 3.8) is 0 Å². The number of pyridine rings is 1. The molecule has 168 valence electrons. The van der Waals surface area contributed by atoms with Crippen LogP contribution in [-0.4, -0.2) is 58.1 Å². The Labute approximate surface area is 187 Å². The van der Waals surface area contributed by atoms with Gasteiger partial charge in [-0.3, -0.25) is 23.7 Å². The van der Waals surface area contributed by atoms with E-state index in [0.29, 0.717) is 31.5 Å². The highest BCUT2D eigenvalue weighted by Crippen LogP contribution is 2.25. The van der Waals surface area contributed by atoms with Gasteiger partial charge >= 0.3 is 0 Å². The van der Waals surface area contributed by atoms with Crippen LogP contribution >= 0.6 is 0 Å². The number of benzene rings is 1. The Morgan fingerprint density at radius 1 is 0.781 bits per heavy atom. The maximum Gasteiger partial charge on any atom is 0.253 e. The van der Waals surface area contributed by atoms with E-state index in [0.717, 1.165) is 25.9 Å². The molecule has 0 N–H and O–H groups in total. The molecule has 4 rings (SSSR count). The molecule has 1 unspecified atom stereocenters. The molecule has 0 bridgehead atoms. The summed E-state index contributed by atoms with van der Waals surface area (Å²) >= 11 is 0. The molecule has 7 nitrogen and oxygen atoms in total. The van der Waals surface area contributed by atoms with Crippen molar-refractivity contribution in [3.05, 3.63) is 70.6 Å². The first-order valence-corrected chi connectivity index (χ1v) is 11.4. The van der Waals surface area contributed by atoms with E-state index in [4.69, 9.17) is 0 Å². The first kappa shape index (κ1) is 22.0. The van der Waals surface area contributed by atoms with Gasteiger partial charge in [0.15, 0.2) is 11.8 Å². The molecule has 1 aromatic heterocycles. The third kappa shape index (κ3) is 4.66.